The van der Waals surface area contributed by atoms with Crippen LogP contribution in [0.4, 0.5) is 21.9 Å². The fourth-order valence-corrected chi connectivity index (χ4v) is 3.84. The Morgan fingerprint density at radius 2 is 1.81 bits per heavy atom. The number of carbonyl (C=O) groups excluding carboxylic acids is 1. The van der Waals surface area contributed by atoms with Crippen molar-refractivity contribution in [1.82, 2.24) is 4.90 Å². The zero-order valence-corrected chi connectivity index (χ0v) is 19.2. The average Bonchev–Trinajstić information content (AvgIpc) is 2.73. The van der Waals surface area contributed by atoms with Gasteiger partial charge in [0.2, 0.25) is 0 Å². The van der Waals surface area contributed by atoms with Gasteiger partial charge in [-0.3, -0.25) is 10.1 Å². The van der Waals surface area contributed by atoms with Crippen molar-refractivity contribution in [2.75, 3.05) is 30.4 Å². The highest BCUT2D eigenvalue weighted by Crippen LogP contribution is 2.36. The lowest BCUT2D eigenvalue weighted by atomic mass is 10.0. The molecule has 32 heavy (non-hydrogen) atoms. The lowest BCUT2D eigenvalue weighted by Crippen LogP contribution is -2.44. The molecule has 0 aromatic heterocycles. The van der Waals surface area contributed by atoms with Crippen molar-refractivity contribution >= 4 is 23.2 Å². The van der Waals surface area contributed by atoms with Gasteiger partial charge in [-0.15, -0.1) is 0 Å². The topological polar surface area (TPSA) is 88.0 Å². The van der Waals surface area contributed by atoms with Crippen molar-refractivity contribution in [2.45, 2.75) is 51.8 Å². The average molecular weight is 441 g/mol. The molecular weight excluding hydrogens is 408 g/mol. The molecule has 3 rings (SSSR count). The van der Waals surface area contributed by atoms with E-state index in [4.69, 9.17) is 4.74 Å². The fraction of sp³-hybridized carbons (Fsp3) is 0.458. The highest BCUT2D eigenvalue weighted by atomic mass is 16.6. The van der Waals surface area contributed by atoms with Gasteiger partial charge in [0.15, 0.2) is 0 Å². The quantitative estimate of drug-likeness (QED) is 0.500. The van der Waals surface area contributed by atoms with Crippen LogP contribution in [0.1, 0.15) is 39.2 Å². The number of nitrogens with zero attached hydrogens (tertiary/aromatic N) is 3. The summed E-state index contributed by atoms with van der Waals surface area (Å²) in [6, 6.07) is 15.3. The summed E-state index contributed by atoms with van der Waals surface area (Å²) < 4.78 is 5.44. The first-order valence-electron chi connectivity index (χ1n) is 10.9. The summed E-state index contributed by atoms with van der Waals surface area (Å²) in [5, 5.41) is 15.3. The van der Waals surface area contributed by atoms with Crippen molar-refractivity contribution in [3.8, 4) is 0 Å². The predicted octanol–water partition coefficient (Wildman–Crippen LogP) is 5.04. The van der Waals surface area contributed by atoms with E-state index in [0.717, 1.165) is 5.56 Å². The number of rotatable bonds is 6. The van der Waals surface area contributed by atoms with Crippen LogP contribution in [0.2, 0.25) is 0 Å². The number of nitrogens with one attached hydrogen (secondary N) is 1. The molecule has 0 aliphatic carbocycles. The summed E-state index contributed by atoms with van der Waals surface area (Å²) in [4.78, 5) is 27.5. The molecule has 1 aliphatic heterocycles. The second-order valence-corrected chi connectivity index (χ2v) is 9.16. The van der Waals surface area contributed by atoms with Crippen LogP contribution in [0.3, 0.4) is 0 Å². The number of para-hydroxylation sites is 1. The zero-order chi connectivity index (χ0) is 23.3. The number of anilines is 2. The van der Waals surface area contributed by atoms with Crippen molar-refractivity contribution in [3.05, 3.63) is 64.2 Å². The number of benzene rings is 2. The van der Waals surface area contributed by atoms with Gasteiger partial charge >= 0.3 is 11.8 Å². The van der Waals surface area contributed by atoms with E-state index < -0.39 is 5.60 Å². The number of hydrogen-bond acceptors (Lipinski definition) is 6. The van der Waals surface area contributed by atoms with Crippen LogP contribution in [0, 0.1) is 10.1 Å². The number of likely N-dealkylation sites (tertiary alicyclic amines) is 1. The van der Waals surface area contributed by atoms with Crippen LogP contribution < -0.4 is 10.2 Å². The van der Waals surface area contributed by atoms with E-state index in [0.29, 0.717) is 43.9 Å². The van der Waals surface area contributed by atoms with E-state index in [1.165, 1.54) is 0 Å². The Kier molecular flexibility index (Phi) is 7.22. The number of amides is 1. The van der Waals surface area contributed by atoms with Gasteiger partial charge < -0.3 is 19.9 Å². The number of carbonyl (C=O) groups is 1. The van der Waals surface area contributed by atoms with Gasteiger partial charge in [-0.2, -0.15) is 0 Å². The lowest BCUT2D eigenvalue weighted by molar-refractivity contribution is -0.383. The monoisotopic (exact) mass is 440 g/mol. The second-order valence-electron chi connectivity index (χ2n) is 9.16. The largest absolute Gasteiger partial charge is 0.444 e. The molecule has 1 N–H and O–H groups in total. The van der Waals surface area contributed by atoms with Crippen LogP contribution in [0.15, 0.2) is 48.5 Å². The summed E-state index contributed by atoms with van der Waals surface area (Å²) in [5.41, 5.74) is 1.69. The Morgan fingerprint density at radius 1 is 1.16 bits per heavy atom. The SMILES string of the molecule is CN(Cc1ccccc1)c1cccc(NC2CCN(C(=O)OC(C)(C)C)CC2)c1[N+](=O)[O-]. The molecule has 8 nitrogen and oxygen atoms in total. The first-order valence-corrected chi connectivity index (χ1v) is 10.9. The predicted molar refractivity (Wildman–Crippen MR) is 126 cm³/mol. The molecule has 0 unspecified atom stereocenters. The first-order chi connectivity index (χ1) is 15.1. The molecule has 0 saturated carbocycles. The number of nitro benzene ring substituents is 1. The van der Waals surface area contributed by atoms with Gasteiger partial charge in [-0.1, -0.05) is 36.4 Å². The smallest absolute Gasteiger partial charge is 0.410 e. The zero-order valence-electron chi connectivity index (χ0n) is 19.2. The van der Waals surface area contributed by atoms with E-state index in [9.17, 15) is 14.9 Å². The number of hydrogen-bond donors (Lipinski definition) is 1. The summed E-state index contributed by atoms with van der Waals surface area (Å²) >= 11 is 0. The Labute approximate surface area is 189 Å². The van der Waals surface area contributed by atoms with Gasteiger partial charge in [-0.05, 0) is 51.3 Å². The summed E-state index contributed by atoms with van der Waals surface area (Å²) in [5.74, 6) is 0. The number of ether oxygens (including phenoxy) is 1. The molecule has 1 heterocycles. The molecule has 2 aromatic rings. The standard InChI is InChI=1S/C24H32N4O4/c1-24(2,3)32-23(29)27-15-13-19(14-16-27)25-20-11-8-12-21(22(20)28(30)31)26(4)17-18-9-6-5-7-10-18/h5-12,19,25H,13-17H2,1-4H3. The highest BCUT2D eigenvalue weighted by Gasteiger charge is 2.29. The Bertz CT molecular complexity index is 935. The van der Waals surface area contributed by atoms with Crippen molar-refractivity contribution < 1.29 is 14.5 Å². The van der Waals surface area contributed by atoms with Crippen LogP contribution in [-0.4, -0.2) is 47.7 Å². The van der Waals surface area contributed by atoms with Gasteiger partial charge in [0.25, 0.3) is 0 Å². The molecule has 0 atom stereocenters. The fourth-order valence-electron chi connectivity index (χ4n) is 3.84. The number of nitro groups is 1. The Balaban J connectivity index is 1.69. The van der Waals surface area contributed by atoms with E-state index in [1.807, 2.05) is 69.1 Å². The van der Waals surface area contributed by atoms with Gasteiger partial charge in [0, 0.05) is 32.7 Å². The normalized spacial score (nSPS) is 14.7. The van der Waals surface area contributed by atoms with Crippen LogP contribution in [-0.2, 0) is 11.3 Å². The summed E-state index contributed by atoms with van der Waals surface area (Å²) in [6.45, 7) is 7.21. The minimum Gasteiger partial charge on any atom is -0.444 e. The molecule has 1 amide bonds. The third-order valence-electron chi connectivity index (χ3n) is 5.38. The third kappa shape index (κ3) is 6.12. The minimum absolute atomic E-state index is 0.0436. The minimum atomic E-state index is -0.529. The molecule has 172 valence electrons. The molecule has 0 bridgehead atoms. The first kappa shape index (κ1) is 23.4. The highest BCUT2D eigenvalue weighted by molar-refractivity contribution is 5.77. The van der Waals surface area contributed by atoms with E-state index in [1.54, 1.807) is 17.0 Å². The summed E-state index contributed by atoms with van der Waals surface area (Å²) in [7, 11) is 1.86. The molecule has 1 aliphatic rings. The maximum absolute atomic E-state index is 12.3. The molecule has 8 heteroatoms. The van der Waals surface area contributed by atoms with E-state index in [-0.39, 0.29) is 22.7 Å². The van der Waals surface area contributed by atoms with E-state index >= 15 is 0 Å². The number of piperidine rings is 1. The molecular formula is C24H32N4O4. The van der Waals surface area contributed by atoms with Gasteiger partial charge in [-0.25, -0.2) is 4.79 Å². The van der Waals surface area contributed by atoms with Gasteiger partial charge in [0.1, 0.15) is 17.0 Å². The Morgan fingerprint density at radius 3 is 2.41 bits per heavy atom. The molecule has 0 radical (unpaired) electrons. The molecule has 0 spiro atoms. The summed E-state index contributed by atoms with van der Waals surface area (Å²) in [6.07, 6.45) is 1.08. The maximum Gasteiger partial charge on any atom is 0.410 e. The van der Waals surface area contributed by atoms with Gasteiger partial charge in [0.05, 0.1) is 4.92 Å². The maximum atomic E-state index is 12.3. The van der Waals surface area contributed by atoms with Crippen molar-refractivity contribution in [3.63, 3.8) is 0 Å². The van der Waals surface area contributed by atoms with Crippen LogP contribution in [0.25, 0.3) is 0 Å². The third-order valence-corrected chi connectivity index (χ3v) is 5.38. The molecule has 1 saturated heterocycles. The van der Waals surface area contributed by atoms with Crippen molar-refractivity contribution in [2.24, 2.45) is 0 Å². The molecule has 1 fully saturated rings. The Hall–Kier alpha value is -3.29. The second kappa shape index (κ2) is 9.89. The van der Waals surface area contributed by atoms with Crippen LogP contribution >= 0.6 is 0 Å². The van der Waals surface area contributed by atoms with Crippen molar-refractivity contribution in [1.29, 1.82) is 0 Å². The van der Waals surface area contributed by atoms with Crippen LogP contribution in [0.5, 0.6) is 0 Å². The molecule has 2 aromatic carbocycles. The lowest BCUT2D eigenvalue weighted by Gasteiger charge is -2.34. The van der Waals surface area contributed by atoms with E-state index in [2.05, 4.69) is 5.32 Å².